The standard InChI is InChI=1S/C15H19N3O/c1-11(13-5-2-6-13)18-15(19)14-8-12(4-3-7-16)9-17-10-14/h8-11,13H,2,5-7,16H2,1H3,(H,18,19). The van der Waals surface area contributed by atoms with Gasteiger partial charge in [0.2, 0.25) is 0 Å². The molecule has 100 valence electrons. The minimum atomic E-state index is -0.0803. The summed E-state index contributed by atoms with van der Waals surface area (Å²) in [6.07, 6.45) is 6.89. The molecule has 1 aliphatic carbocycles. The smallest absolute Gasteiger partial charge is 0.253 e. The van der Waals surface area contributed by atoms with E-state index >= 15 is 0 Å². The number of hydrogen-bond donors (Lipinski definition) is 2. The van der Waals surface area contributed by atoms with Gasteiger partial charge in [-0.2, -0.15) is 0 Å². The van der Waals surface area contributed by atoms with E-state index in [-0.39, 0.29) is 11.9 Å². The Labute approximate surface area is 113 Å². The van der Waals surface area contributed by atoms with Gasteiger partial charge in [0.1, 0.15) is 0 Å². The van der Waals surface area contributed by atoms with Gasteiger partial charge in [-0.25, -0.2) is 0 Å². The van der Waals surface area contributed by atoms with Gasteiger partial charge < -0.3 is 11.1 Å². The molecule has 19 heavy (non-hydrogen) atoms. The molecule has 1 aromatic heterocycles. The van der Waals surface area contributed by atoms with Crippen LogP contribution in [0, 0.1) is 17.8 Å². The fraction of sp³-hybridized carbons (Fsp3) is 0.467. The summed E-state index contributed by atoms with van der Waals surface area (Å²) >= 11 is 0. The summed E-state index contributed by atoms with van der Waals surface area (Å²) in [7, 11) is 0. The minimum absolute atomic E-state index is 0.0803. The average molecular weight is 257 g/mol. The van der Waals surface area contributed by atoms with E-state index in [1.807, 2.05) is 0 Å². The van der Waals surface area contributed by atoms with Gasteiger partial charge >= 0.3 is 0 Å². The number of carbonyl (C=O) groups excluding carboxylic acids is 1. The monoisotopic (exact) mass is 257 g/mol. The van der Waals surface area contributed by atoms with Gasteiger partial charge in [0.05, 0.1) is 12.1 Å². The first-order valence-corrected chi connectivity index (χ1v) is 6.65. The van der Waals surface area contributed by atoms with E-state index in [2.05, 4.69) is 29.1 Å². The summed E-state index contributed by atoms with van der Waals surface area (Å²) in [6.45, 7) is 2.36. The maximum absolute atomic E-state index is 12.1. The van der Waals surface area contributed by atoms with Gasteiger partial charge in [-0.1, -0.05) is 18.3 Å². The molecular formula is C15H19N3O. The molecular weight excluding hydrogens is 238 g/mol. The lowest BCUT2D eigenvalue weighted by Gasteiger charge is -2.31. The molecule has 1 atom stereocenters. The molecule has 1 aliphatic rings. The Bertz CT molecular complexity index is 512. The number of amides is 1. The number of nitrogens with zero attached hydrogens (tertiary/aromatic N) is 1. The molecule has 1 saturated carbocycles. The predicted octanol–water partition coefficient (Wildman–Crippen LogP) is 1.31. The highest BCUT2D eigenvalue weighted by atomic mass is 16.1. The van der Waals surface area contributed by atoms with Crippen molar-refractivity contribution >= 4 is 5.91 Å². The van der Waals surface area contributed by atoms with E-state index < -0.39 is 0 Å². The maximum Gasteiger partial charge on any atom is 0.253 e. The third kappa shape index (κ3) is 3.55. The van der Waals surface area contributed by atoms with E-state index in [9.17, 15) is 4.79 Å². The Kier molecular flexibility index (Phi) is 4.53. The number of pyridine rings is 1. The molecule has 4 heteroatoms. The van der Waals surface area contributed by atoms with Gasteiger partial charge in [0.25, 0.3) is 5.91 Å². The highest BCUT2D eigenvalue weighted by molar-refractivity contribution is 5.94. The molecule has 1 amide bonds. The van der Waals surface area contributed by atoms with Crippen LogP contribution in [0.4, 0.5) is 0 Å². The number of aromatic nitrogens is 1. The molecule has 0 aliphatic heterocycles. The zero-order chi connectivity index (χ0) is 13.7. The summed E-state index contributed by atoms with van der Waals surface area (Å²) in [5.41, 5.74) is 6.59. The van der Waals surface area contributed by atoms with Gasteiger partial charge in [-0.15, -0.1) is 0 Å². The van der Waals surface area contributed by atoms with Crippen LogP contribution in [-0.4, -0.2) is 23.5 Å². The van der Waals surface area contributed by atoms with Crippen LogP contribution in [0.2, 0.25) is 0 Å². The van der Waals surface area contributed by atoms with Crippen LogP contribution in [0.15, 0.2) is 18.5 Å². The van der Waals surface area contributed by atoms with Crippen molar-refractivity contribution in [3.05, 3.63) is 29.6 Å². The van der Waals surface area contributed by atoms with Crippen molar-refractivity contribution in [1.29, 1.82) is 0 Å². The van der Waals surface area contributed by atoms with Gasteiger partial charge in [-0.3, -0.25) is 9.78 Å². The lowest BCUT2D eigenvalue weighted by atomic mass is 9.80. The van der Waals surface area contributed by atoms with Crippen molar-refractivity contribution in [3.63, 3.8) is 0 Å². The lowest BCUT2D eigenvalue weighted by molar-refractivity contribution is 0.0909. The lowest BCUT2D eigenvalue weighted by Crippen LogP contribution is -2.40. The third-order valence-corrected chi connectivity index (χ3v) is 3.55. The second kappa shape index (κ2) is 6.35. The minimum Gasteiger partial charge on any atom is -0.349 e. The highest BCUT2D eigenvalue weighted by Crippen LogP contribution is 2.29. The highest BCUT2D eigenvalue weighted by Gasteiger charge is 2.25. The summed E-state index contributed by atoms with van der Waals surface area (Å²) in [4.78, 5) is 16.1. The van der Waals surface area contributed by atoms with Crippen molar-refractivity contribution in [2.45, 2.75) is 32.2 Å². The molecule has 1 unspecified atom stereocenters. The summed E-state index contributed by atoms with van der Waals surface area (Å²) in [5, 5.41) is 3.03. The number of carbonyl (C=O) groups is 1. The molecule has 2 rings (SSSR count). The quantitative estimate of drug-likeness (QED) is 0.802. The van der Waals surface area contributed by atoms with E-state index in [0.29, 0.717) is 18.0 Å². The number of nitrogens with two attached hydrogens (primary N) is 1. The fourth-order valence-electron chi connectivity index (χ4n) is 2.13. The summed E-state index contributed by atoms with van der Waals surface area (Å²) in [5.74, 6) is 6.18. The molecule has 1 fully saturated rings. The second-order valence-corrected chi connectivity index (χ2v) is 4.92. The molecule has 0 saturated heterocycles. The summed E-state index contributed by atoms with van der Waals surface area (Å²) in [6, 6.07) is 1.97. The van der Waals surface area contributed by atoms with Crippen LogP contribution in [0.5, 0.6) is 0 Å². The molecule has 4 nitrogen and oxygen atoms in total. The SMILES string of the molecule is CC(NC(=O)c1cncc(C#CCN)c1)C1CCC1. The van der Waals surface area contributed by atoms with Crippen LogP contribution in [-0.2, 0) is 0 Å². The van der Waals surface area contributed by atoms with Crippen LogP contribution < -0.4 is 11.1 Å². The molecule has 1 heterocycles. The Morgan fingerprint density at radius 2 is 2.37 bits per heavy atom. The fourth-order valence-corrected chi connectivity index (χ4v) is 2.13. The molecule has 0 bridgehead atoms. The van der Waals surface area contributed by atoms with E-state index in [0.717, 1.165) is 5.56 Å². The van der Waals surface area contributed by atoms with Crippen LogP contribution >= 0.6 is 0 Å². The molecule has 0 aromatic carbocycles. The number of nitrogens with one attached hydrogen (secondary N) is 1. The Morgan fingerprint density at radius 1 is 1.58 bits per heavy atom. The Hall–Kier alpha value is -1.86. The Balaban J connectivity index is 2.01. The van der Waals surface area contributed by atoms with Crippen molar-refractivity contribution in [2.75, 3.05) is 6.54 Å². The van der Waals surface area contributed by atoms with Crippen molar-refractivity contribution in [3.8, 4) is 11.8 Å². The van der Waals surface area contributed by atoms with E-state index in [1.54, 1.807) is 18.5 Å². The zero-order valence-electron chi connectivity index (χ0n) is 11.1. The zero-order valence-corrected chi connectivity index (χ0v) is 11.1. The van der Waals surface area contributed by atoms with Gasteiger partial charge in [-0.05, 0) is 31.7 Å². The molecule has 0 radical (unpaired) electrons. The molecule has 0 spiro atoms. The van der Waals surface area contributed by atoms with E-state index in [4.69, 9.17) is 5.73 Å². The maximum atomic E-state index is 12.1. The van der Waals surface area contributed by atoms with Crippen LogP contribution in [0.3, 0.4) is 0 Å². The predicted molar refractivity (Wildman–Crippen MR) is 74.4 cm³/mol. The van der Waals surface area contributed by atoms with Crippen LogP contribution in [0.25, 0.3) is 0 Å². The van der Waals surface area contributed by atoms with Gasteiger partial charge in [0.15, 0.2) is 0 Å². The molecule has 3 N–H and O–H groups in total. The normalized spacial score (nSPS) is 15.9. The van der Waals surface area contributed by atoms with Crippen molar-refractivity contribution in [2.24, 2.45) is 11.7 Å². The first-order valence-electron chi connectivity index (χ1n) is 6.65. The molecule has 1 aromatic rings. The largest absolute Gasteiger partial charge is 0.349 e. The first kappa shape index (κ1) is 13.6. The second-order valence-electron chi connectivity index (χ2n) is 4.92. The third-order valence-electron chi connectivity index (χ3n) is 3.55. The van der Waals surface area contributed by atoms with Crippen LogP contribution in [0.1, 0.15) is 42.1 Å². The average Bonchev–Trinajstić information content (AvgIpc) is 2.34. The number of hydrogen-bond acceptors (Lipinski definition) is 3. The van der Waals surface area contributed by atoms with Crippen molar-refractivity contribution in [1.82, 2.24) is 10.3 Å². The topological polar surface area (TPSA) is 68.0 Å². The van der Waals surface area contributed by atoms with Gasteiger partial charge in [0, 0.05) is 24.0 Å². The first-order chi connectivity index (χ1) is 9.20. The van der Waals surface area contributed by atoms with E-state index in [1.165, 1.54) is 19.3 Å². The van der Waals surface area contributed by atoms with Crippen molar-refractivity contribution < 1.29 is 4.79 Å². The Morgan fingerprint density at radius 3 is 3.00 bits per heavy atom. The summed E-state index contributed by atoms with van der Waals surface area (Å²) < 4.78 is 0. The number of rotatable bonds is 3.